The van der Waals surface area contributed by atoms with Gasteiger partial charge in [0.15, 0.2) is 0 Å². The summed E-state index contributed by atoms with van der Waals surface area (Å²) in [5.41, 5.74) is 0.00777. The van der Waals surface area contributed by atoms with Crippen molar-refractivity contribution in [1.29, 1.82) is 0 Å². The minimum absolute atomic E-state index is 0.164. The van der Waals surface area contributed by atoms with E-state index in [2.05, 4.69) is 0 Å². The van der Waals surface area contributed by atoms with Gasteiger partial charge in [-0.15, -0.1) is 0 Å². The van der Waals surface area contributed by atoms with Crippen molar-refractivity contribution in [2.24, 2.45) is 0 Å². The average molecular weight is 280 g/mol. The summed E-state index contributed by atoms with van der Waals surface area (Å²) < 4.78 is 4.78. The number of hydrogen-bond donors (Lipinski definition) is 0. The molecule has 20 heavy (non-hydrogen) atoms. The van der Waals surface area contributed by atoms with E-state index >= 15 is 0 Å². The van der Waals surface area contributed by atoms with Crippen molar-refractivity contribution in [3.8, 4) is 0 Å². The fourth-order valence-corrected chi connectivity index (χ4v) is 1.62. The highest BCUT2D eigenvalue weighted by molar-refractivity contribution is 5.96. The summed E-state index contributed by atoms with van der Waals surface area (Å²) in [4.78, 5) is 35.0. The molecule has 1 amide bonds. The quantitative estimate of drug-likeness (QED) is 0.448. The second kappa shape index (κ2) is 7.22. The molecule has 0 unspecified atom stereocenters. The highest BCUT2D eigenvalue weighted by atomic mass is 16.6. The monoisotopic (exact) mass is 280 g/mol. The summed E-state index contributed by atoms with van der Waals surface area (Å²) in [6.45, 7) is 3.76. The largest absolute Gasteiger partial charge is 0.465 e. The lowest BCUT2D eigenvalue weighted by Gasteiger charge is -2.19. The van der Waals surface area contributed by atoms with E-state index in [0.29, 0.717) is 6.54 Å². The number of nitrogens with zero attached hydrogens (tertiary/aromatic N) is 2. The summed E-state index contributed by atoms with van der Waals surface area (Å²) in [6.07, 6.45) is 0. The number of esters is 1. The number of nitro benzene ring substituents is 1. The molecule has 0 radical (unpaired) electrons. The zero-order chi connectivity index (χ0) is 15.1. The van der Waals surface area contributed by atoms with Crippen molar-refractivity contribution in [2.45, 2.75) is 13.8 Å². The second-order valence-electron chi connectivity index (χ2n) is 3.93. The Bertz CT molecular complexity index is 515. The van der Waals surface area contributed by atoms with E-state index in [9.17, 15) is 19.7 Å². The number of ether oxygens (including phenoxy) is 1. The number of benzene rings is 1. The first-order valence-corrected chi connectivity index (χ1v) is 6.18. The summed E-state index contributed by atoms with van der Waals surface area (Å²) in [5, 5.41) is 10.7. The molecule has 0 spiro atoms. The standard InChI is InChI=1S/C13H16N2O5/c1-3-14(9-12(16)20-4-2)13(17)10-6-5-7-11(8-10)15(18)19/h5-8H,3-4,9H2,1-2H3. The van der Waals surface area contributed by atoms with Crippen LogP contribution in [0.2, 0.25) is 0 Å². The van der Waals surface area contributed by atoms with Crippen LogP contribution < -0.4 is 0 Å². The van der Waals surface area contributed by atoms with Crippen molar-refractivity contribution < 1.29 is 19.2 Å². The SMILES string of the molecule is CCOC(=O)CN(CC)C(=O)c1cccc([N+](=O)[O-])c1. The fourth-order valence-electron chi connectivity index (χ4n) is 1.62. The lowest BCUT2D eigenvalue weighted by atomic mass is 10.1. The molecule has 1 aromatic rings. The van der Waals surface area contributed by atoms with Crippen molar-refractivity contribution in [3.63, 3.8) is 0 Å². The third-order valence-corrected chi connectivity index (χ3v) is 2.60. The second-order valence-corrected chi connectivity index (χ2v) is 3.93. The van der Waals surface area contributed by atoms with E-state index in [-0.39, 0.29) is 24.4 Å². The molecule has 0 saturated heterocycles. The Labute approximate surface area is 116 Å². The van der Waals surface area contributed by atoms with Crippen LogP contribution in [0.3, 0.4) is 0 Å². The molecular formula is C13H16N2O5. The van der Waals surface area contributed by atoms with Gasteiger partial charge in [-0.25, -0.2) is 0 Å². The lowest BCUT2D eigenvalue weighted by molar-refractivity contribution is -0.384. The van der Waals surface area contributed by atoms with Gasteiger partial charge in [0, 0.05) is 24.2 Å². The Kier molecular flexibility index (Phi) is 5.64. The average Bonchev–Trinajstić information content (AvgIpc) is 2.44. The molecule has 0 atom stereocenters. The molecule has 0 aliphatic heterocycles. The summed E-state index contributed by atoms with van der Waals surface area (Å²) in [5.74, 6) is -0.947. The van der Waals surface area contributed by atoms with E-state index in [1.165, 1.54) is 29.2 Å². The van der Waals surface area contributed by atoms with Gasteiger partial charge in [0.2, 0.25) is 0 Å². The molecule has 0 N–H and O–H groups in total. The van der Waals surface area contributed by atoms with E-state index in [0.717, 1.165) is 0 Å². The highest BCUT2D eigenvalue weighted by Crippen LogP contribution is 2.14. The van der Waals surface area contributed by atoms with Crippen LogP contribution in [0.15, 0.2) is 24.3 Å². The third-order valence-electron chi connectivity index (χ3n) is 2.60. The summed E-state index contributed by atoms with van der Waals surface area (Å²) in [6, 6.07) is 5.40. The molecule has 7 nitrogen and oxygen atoms in total. The van der Waals surface area contributed by atoms with Crippen molar-refractivity contribution in [3.05, 3.63) is 39.9 Å². The number of rotatable bonds is 6. The van der Waals surface area contributed by atoms with Gasteiger partial charge in [0.05, 0.1) is 11.5 Å². The number of carbonyl (C=O) groups is 2. The first kappa shape index (κ1) is 15.6. The first-order chi connectivity index (χ1) is 9.49. The topological polar surface area (TPSA) is 89.8 Å². The smallest absolute Gasteiger partial charge is 0.325 e. The molecule has 0 aliphatic carbocycles. The maximum absolute atomic E-state index is 12.2. The number of non-ortho nitro benzene ring substituents is 1. The maximum atomic E-state index is 12.2. The predicted octanol–water partition coefficient (Wildman–Crippen LogP) is 1.62. The molecule has 108 valence electrons. The predicted molar refractivity (Wildman–Crippen MR) is 71.3 cm³/mol. The number of amides is 1. The molecule has 0 aromatic heterocycles. The van der Waals surface area contributed by atoms with Crippen molar-refractivity contribution in [1.82, 2.24) is 4.90 Å². The van der Waals surface area contributed by atoms with Gasteiger partial charge in [-0.3, -0.25) is 19.7 Å². The molecule has 0 saturated carbocycles. The summed E-state index contributed by atoms with van der Waals surface area (Å²) >= 11 is 0. The van der Waals surface area contributed by atoms with Gasteiger partial charge in [0.25, 0.3) is 11.6 Å². The molecule has 1 rings (SSSR count). The van der Waals surface area contributed by atoms with Gasteiger partial charge in [0.1, 0.15) is 6.54 Å². The van der Waals surface area contributed by atoms with Crippen LogP contribution >= 0.6 is 0 Å². The molecule has 0 heterocycles. The molecule has 1 aromatic carbocycles. The minimum Gasteiger partial charge on any atom is -0.465 e. The van der Waals surface area contributed by atoms with Gasteiger partial charge >= 0.3 is 5.97 Å². The molecule has 0 aliphatic rings. The Hall–Kier alpha value is -2.44. The van der Waals surface area contributed by atoms with Gasteiger partial charge in [-0.05, 0) is 19.9 Å². The van der Waals surface area contributed by atoms with E-state index in [1.54, 1.807) is 13.8 Å². The third kappa shape index (κ3) is 4.04. The highest BCUT2D eigenvalue weighted by Gasteiger charge is 2.19. The number of nitro groups is 1. The Morgan fingerprint density at radius 1 is 1.35 bits per heavy atom. The normalized spacial score (nSPS) is 9.90. The molecule has 0 bridgehead atoms. The summed E-state index contributed by atoms with van der Waals surface area (Å²) in [7, 11) is 0. The lowest BCUT2D eigenvalue weighted by Crippen LogP contribution is -2.36. The Morgan fingerprint density at radius 3 is 2.60 bits per heavy atom. The first-order valence-electron chi connectivity index (χ1n) is 6.18. The van der Waals surface area contributed by atoms with Crippen molar-refractivity contribution in [2.75, 3.05) is 19.7 Å². The zero-order valence-electron chi connectivity index (χ0n) is 11.4. The van der Waals surface area contributed by atoms with Crippen LogP contribution in [0.25, 0.3) is 0 Å². The van der Waals surface area contributed by atoms with Gasteiger partial charge in [-0.1, -0.05) is 6.07 Å². The Morgan fingerprint density at radius 2 is 2.05 bits per heavy atom. The van der Waals surface area contributed by atoms with E-state index in [4.69, 9.17) is 4.74 Å². The van der Waals surface area contributed by atoms with Gasteiger partial charge < -0.3 is 9.64 Å². The van der Waals surface area contributed by atoms with Crippen LogP contribution in [0.4, 0.5) is 5.69 Å². The maximum Gasteiger partial charge on any atom is 0.325 e. The number of likely N-dealkylation sites (N-methyl/N-ethyl adjacent to an activating group) is 1. The minimum atomic E-state index is -0.571. The van der Waals surface area contributed by atoms with Crippen LogP contribution in [0, 0.1) is 10.1 Å². The van der Waals surface area contributed by atoms with Crippen molar-refractivity contribution >= 4 is 17.6 Å². The van der Waals surface area contributed by atoms with Crippen LogP contribution in [-0.4, -0.2) is 41.4 Å². The zero-order valence-corrected chi connectivity index (χ0v) is 11.4. The molecular weight excluding hydrogens is 264 g/mol. The van der Waals surface area contributed by atoms with Crippen LogP contribution in [0.5, 0.6) is 0 Å². The Balaban J connectivity index is 2.88. The van der Waals surface area contributed by atoms with Crippen LogP contribution in [-0.2, 0) is 9.53 Å². The van der Waals surface area contributed by atoms with E-state index in [1.807, 2.05) is 0 Å². The van der Waals surface area contributed by atoms with E-state index < -0.39 is 16.8 Å². The van der Waals surface area contributed by atoms with Gasteiger partial charge in [-0.2, -0.15) is 0 Å². The van der Waals surface area contributed by atoms with Crippen LogP contribution in [0.1, 0.15) is 24.2 Å². The molecule has 0 fully saturated rings. The number of carbonyl (C=O) groups excluding carboxylic acids is 2. The fraction of sp³-hybridized carbons (Fsp3) is 0.385. The molecule has 7 heteroatoms. The number of hydrogen-bond acceptors (Lipinski definition) is 5.